The van der Waals surface area contributed by atoms with Crippen LogP contribution in [0.4, 0.5) is 5.69 Å². The first-order valence-electron chi connectivity index (χ1n) is 14.2. The zero-order chi connectivity index (χ0) is 28.6. The van der Waals surface area contributed by atoms with E-state index >= 15 is 0 Å². The molecule has 0 amide bonds. The van der Waals surface area contributed by atoms with E-state index in [4.69, 9.17) is 9.26 Å². The van der Waals surface area contributed by atoms with E-state index in [2.05, 4.69) is 41.8 Å². The monoisotopic (exact) mass is 574 g/mol. The smallest absolute Gasteiger partial charge is 0.346 e. The lowest BCUT2D eigenvalue weighted by molar-refractivity contribution is -0.385. The Kier molecular flexibility index (Phi) is 7.70. The van der Waals surface area contributed by atoms with Crippen LogP contribution >= 0.6 is 7.67 Å². The van der Waals surface area contributed by atoms with Crippen molar-refractivity contribution in [1.82, 2.24) is 14.2 Å². The molecule has 0 aliphatic carbocycles. The number of ether oxygens (including phenoxy) is 1. The van der Waals surface area contributed by atoms with Crippen LogP contribution in [0.1, 0.15) is 48.5 Å². The summed E-state index contributed by atoms with van der Waals surface area (Å²) in [6, 6.07) is 22.8. The van der Waals surface area contributed by atoms with Crippen LogP contribution in [0.5, 0.6) is 11.5 Å². The number of benzene rings is 3. The third-order valence-corrected chi connectivity index (χ3v) is 10.9. The van der Waals surface area contributed by atoms with Crippen molar-refractivity contribution in [2.45, 2.75) is 31.8 Å². The molecule has 0 aromatic heterocycles. The highest BCUT2D eigenvalue weighted by molar-refractivity contribution is 7.54. The van der Waals surface area contributed by atoms with Gasteiger partial charge in [-0.3, -0.25) is 19.2 Å². The number of rotatable bonds is 11. The number of nitro benzene ring substituents is 1. The first-order valence-corrected chi connectivity index (χ1v) is 15.7. The Hall–Kier alpha value is -3.49. The topological polar surface area (TPSA) is 87.9 Å². The van der Waals surface area contributed by atoms with Gasteiger partial charge in [0.2, 0.25) is 5.75 Å². The van der Waals surface area contributed by atoms with Gasteiger partial charge in [0.05, 0.1) is 11.0 Å². The molecule has 3 heterocycles. The van der Waals surface area contributed by atoms with Crippen molar-refractivity contribution in [3.05, 3.63) is 106 Å². The van der Waals surface area contributed by atoms with Gasteiger partial charge in [0.15, 0.2) is 0 Å². The van der Waals surface area contributed by atoms with E-state index in [1.165, 1.54) is 11.6 Å². The minimum atomic E-state index is -3.04. The van der Waals surface area contributed by atoms with Crippen molar-refractivity contribution >= 4 is 19.1 Å². The number of hydrogen-bond acceptors (Lipinski definition) is 6. The molecular formula is C31H35N4O5P. The van der Waals surface area contributed by atoms with Crippen LogP contribution in [0.2, 0.25) is 0 Å². The van der Waals surface area contributed by atoms with Crippen molar-refractivity contribution < 1.29 is 18.7 Å². The van der Waals surface area contributed by atoms with Crippen molar-refractivity contribution in [3.63, 3.8) is 0 Å². The maximum absolute atomic E-state index is 13.4. The van der Waals surface area contributed by atoms with Crippen LogP contribution in [-0.2, 0) is 9.09 Å². The number of nitrogens with zero attached hydrogens (tertiary/aromatic N) is 4. The molecule has 10 heteroatoms. The molecule has 3 aliphatic rings. The van der Waals surface area contributed by atoms with Gasteiger partial charge in [-0.1, -0.05) is 36.9 Å². The normalized spacial score (nSPS) is 18.6. The molecule has 41 heavy (non-hydrogen) atoms. The Balaban J connectivity index is 1.12. The van der Waals surface area contributed by atoms with Gasteiger partial charge >= 0.3 is 13.4 Å². The Morgan fingerprint density at radius 3 is 2.17 bits per heavy atom. The molecule has 3 fully saturated rings. The zero-order valence-electron chi connectivity index (χ0n) is 23.2. The lowest BCUT2D eigenvalue weighted by atomic mass is 9.89. The van der Waals surface area contributed by atoms with Gasteiger partial charge in [0, 0.05) is 51.0 Å². The van der Waals surface area contributed by atoms with Gasteiger partial charge < -0.3 is 9.64 Å². The molecule has 3 aromatic rings. The van der Waals surface area contributed by atoms with Crippen LogP contribution in [0.3, 0.4) is 0 Å². The quantitative estimate of drug-likeness (QED) is 0.104. The Labute approximate surface area is 240 Å². The predicted octanol–water partition coefficient (Wildman–Crippen LogP) is 7.05. The maximum atomic E-state index is 13.4. The molecular weight excluding hydrogens is 539 g/mol. The molecule has 1 atom stereocenters. The predicted molar refractivity (Wildman–Crippen MR) is 159 cm³/mol. The first-order chi connectivity index (χ1) is 19.8. The number of piperidine rings is 1. The summed E-state index contributed by atoms with van der Waals surface area (Å²) in [4.78, 5) is 13.6. The molecule has 6 rings (SSSR count). The summed E-state index contributed by atoms with van der Waals surface area (Å²) in [6.07, 6.45) is 1.64. The molecule has 3 aliphatic heterocycles. The van der Waals surface area contributed by atoms with Crippen molar-refractivity contribution in [2.75, 3.05) is 39.3 Å². The molecule has 0 saturated carbocycles. The van der Waals surface area contributed by atoms with Crippen LogP contribution in [0.15, 0.2) is 79.4 Å². The third kappa shape index (κ3) is 6.09. The molecule has 0 radical (unpaired) electrons. The summed E-state index contributed by atoms with van der Waals surface area (Å²) in [5, 5.41) is 11.8. The van der Waals surface area contributed by atoms with Crippen molar-refractivity contribution in [1.29, 1.82) is 0 Å². The average molecular weight is 575 g/mol. The number of nitro groups is 1. The highest BCUT2D eigenvalue weighted by Crippen LogP contribution is 2.63. The van der Waals surface area contributed by atoms with E-state index < -0.39 is 18.7 Å². The number of likely N-dealkylation sites (tertiary alicyclic amines) is 1. The fourth-order valence-electron chi connectivity index (χ4n) is 5.42. The molecule has 3 saturated heterocycles. The Morgan fingerprint density at radius 1 is 0.951 bits per heavy atom. The van der Waals surface area contributed by atoms with Crippen LogP contribution in [0.25, 0.3) is 5.70 Å². The Morgan fingerprint density at radius 2 is 1.59 bits per heavy atom. The molecule has 1 unspecified atom stereocenters. The average Bonchev–Trinajstić information content (AvgIpc) is 3.90. The Bertz CT molecular complexity index is 1450. The summed E-state index contributed by atoms with van der Waals surface area (Å²) in [5.41, 5.74) is 3.87. The first kappa shape index (κ1) is 27.7. The van der Waals surface area contributed by atoms with Crippen molar-refractivity contribution in [3.8, 4) is 11.5 Å². The summed E-state index contributed by atoms with van der Waals surface area (Å²) in [5.74, 6) is 1.17. The van der Waals surface area contributed by atoms with Crippen LogP contribution in [-0.4, -0.2) is 58.4 Å². The van der Waals surface area contributed by atoms with Gasteiger partial charge in [-0.05, 0) is 78.8 Å². The standard InChI is InChI=1S/C31H35N4O5P/c1-23(32-16-14-27(15-17-32)26-6-4-3-5-7-26)25-8-11-29(12-9-25)39-31-22-28(10-13-30(31)35(36)37)24(2)40-41(38,33-18-19-33)34-20-21-34/h3-13,22,24,27H,1,14-21H2,2H3. The zero-order valence-corrected chi connectivity index (χ0v) is 24.1. The van der Waals surface area contributed by atoms with Gasteiger partial charge in [0.25, 0.3) is 0 Å². The SMILES string of the molecule is C=C(c1ccc(Oc2cc(C(C)OP(=O)(N3CC3)N3CC3)ccc2[N+](=O)[O-])cc1)N1CCC(c2ccccc2)CC1. The van der Waals surface area contributed by atoms with Crippen LogP contribution in [0, 0.1) is 10.1 Å². The lowest BCUT2D eigenvalue weighted by Crippen LogP contribution is -2.31. The minimum Gasteiger partial charge on any atom is -0.450 e. The van der Waals surface area contributed by atoms with Crippen LogP contribution < -0.4 is 4.74 Å². The maximum Gasteiger partial charge on any atom is 0.346 e. The summed E-state index contributed by atoms with van der Waals surface area (Å²) < 4.78 is 29.2. The molecule has 214 valence electrons. The second-order valence-electron chi connectivity index (χ2n) is 10.9. The van der Waals surface area contributed by atoms with E-state index in [9.17, 15) is 14.7 Å². The molecule has 0 spiro atoms. The fourth-order valence-corrected chi connectivity index (χ4v) is 7.77. The minimum absolute atomic E-state index is 0.116. The van der Waals surface area contributed by atoms with E-state index in [1.54, 1.807) is 12.1 Å². The second-order valence-corrected chi connectivity index (χ2v) is 13.2. The van der Waals surface area contributed by atoms with E-state index in [0.29, 0.717) is 17.2 Å². The third-order valence-electron chi connectivity index (χ3n) is 8.07. The van der Waals surface area contributed by atoms with Gasteiger partial charge in [-0.2, -0.15) is 0 Å². The van der Waals surface area contributed by atoms with E-state index in [1.807, 2.05) is 40.5 Å². The van der Waals surface area contributed by atoms with E-state index in [0.717, 1.165) is 63.4 Å². The van der Waals surface area contributed by atoms with Gasteiger partial charge in [-0.15, -0.1) is 0 Å². The fraction of sp³-hybridized carbons (Fsp3) is 0.355. The molecule has 9 nitrogen and oxygen atoms in total. The van der Waals surface area contributed by atoms with E-state index in [-0.39, 0.29) is 11.4 Å². The van der Waals surface area contributed by atoms with Crippen molar-refractivity contribution in [2.24, 2.45) is 0 Å². The summed E-state index contributed by atoms with van der Waals surface area (Å²) in [7, 11) is -3.04. The van der Waals surface area contributed by atoms with Gasteiger partial charge in [0.1, 0.15) is 5.75 Å². The second kappa shape index (κ2) is 11.4. The number of hydrogen-bond donors (Lipinski definition) is 0. The summed E-state index contributed by atoms with van der Waals surface area (Å²) in [6.45, 7) is 11.1. The molecule has 0 bridgehead atoms. The lowest BCUT2D eigenvalue weighted by Gasteiger charge is -2.35. The summed E-state index contributed by atoms with van der Waals surface area (Å²) >= 11 is 0. The largest absolute Gasteiger partial charge is 0.450 e. The highest BCUT2D eigenvalue weighted by atomic mass is 31.2. The molecule has 3 aromatic carbocycles. The molecule has 0 N–H and O–H groups in total. The highest BCUT2D eigenvalue weighted by Gasteiger charge is 2.50. The van der Waals surface area contributed by atoms with Gasteiger partial charge in [-0.25, -0.2) is 9.34 Å².